The molecule has 0 heterocycles. The van der Waals surface area contributed by atoms with Crippen LogP contribution in [0.3, 0.4) is 0 Å². The molecule has 0 saturated heterocycles. The molecule has 0 spiro atoms. The Kier molecular flexibility index (Phi) is 5.91. The molecule has 108 valence electrons. The van der Waals surface area contributed by atoms with Crippen molar-refractivity contribution in [1.82, 2.24) is 0 Å². The number of carbonyl (C=O) groups is 1. The molecule has 1 rings (SSSR count). The van der Waals surface area contributed by atoms with Gasteiger partial charge in [0, 0.05) is 0 Å². The number of rotatable bonds is 6. The molecular weight excluding hydrogens is 268 g/mol. The Labute approximate surface area is 115 Å². The van der Waals surface area contributed by atoms with E-state index in [1.54, 1.807) is 13.8 Å². The molecule has 0 aliphatic heterocycles. The van der Waals surface area contributed by atoms with E-state index in [0.29, 0.717) is 17.5 Å². The smallest absolute Gasteiger partial charge is 0.387 e. The van der Waals surface area contributed by atoms with Gasteiger partial charge in [-0.25, -0.2) is 0 Å². The molecule has 0 fully saturated rings. The molecule has 0 atom stereocenters. The Morgan fingerprint density at radius 2 is 2.10 bits per heavy atom. The number of alkyl halides is 2. The summed E-state index contributed by atoms with van der Waals surface area (Å²) in [5, 5.41) is 9.11. The molecule has 0 aromatic heterocycles. The summed E-state index contributed by atoms with van der Waals surface area (Å²) >= 11 is 0. The van der Waals surface area contributed by atoms with E-state index in [1.165, 1.54) is 12.1 Å². The lowest BCUT2D eigenvalue weighted by Crippen LogP contribution is -2.11. The summed E-state index contributed by atoms with van der Waals surface area (Å²) in [6, 6.07) is 4.64. The first kappa shape index (κ1) is 15.9. The molecule has 1 aromatic rings. The Morgan fingerprint density at radius 3 is 2.60 bits per heavy atom. The zero-order chi connectivity index (χ0) is 15.1. The normalized spacial score (nSPS) is 10.2. The molecule has 6 heteroatoms. The van der Waals surface area contributed by atoms with Crippen LogP contribution in [-0.4, -0.2) is 19.2 Å². The summed E-state index contributed by atoms with van der Waals surface area (Å²) in [5.74, 6) is -0.597. The zero-order valence-electron chi connectivity index (χ0n) is 11.3. The third-order valence-corrected chi connectivity index (χ3v) is 2.69. The molecule has 0 bridgehead atoms. The number of benzene rings is 1. The molecular formula is C14H15F2NO3. The molecule has 0 aliphatic rings. The number of ether oxygens (including phenoxy) is 2. The van der Waals surface area contributed by atoms with Crippen molar-refractivity contribution in [3.63, 3.8) is 0 Å². The van der Waals surface area contributed by atoms with Crippen molar-refractivity contribution in [2.75, 3.05) is 6.61 Å². The summed E-state index contributed by atoms with van der Waals surface area (Å²) < 4.78 is 33.7. The second-order valence-electron chi connectivity index (χ2n) is 3.90. The van der Waals surface area contributed by atoms with Crippen molar-refractivity contribution >= 4 is 5.97 Å². The van der Waals surface area contributed by atoms with Crippen LogP contribution in [0, 0.1) is 11.3 Å². The minimum Gasteiger partial charge on any atom is -0.466 e. The number of hydrogen-bond donors (Lipinski definition) is 0. The number of hydrogen-bond acceptors (Lipinski definition) is 4. The maximum absolute atomic E-state index is 12.3. The minimum atomic E-state index is -3.00. The highest BCUT2D eigenvalue weighted by Crippen LogP contribution is 2.27. The minimum absolute atomic E-state index is 0.000647. The standard InChI is InChI=1S/C14H15F2NO3/c1-3-10-9(7-13(18)19-4-2)5-6-12(11(10)8-17)20-14(15)16/h5-6,14H,3-4,7H2,1-2H3. The van der Waals surface area contributed by atoms with Gasteiger partial charge in [0.05, 0.1) is 18.6 Å². The first-order valence-corrected chi connectivity index (χ1v) is 6.18. The molecule has 0 amide bonds. The van der Waals surface area contributed by atoms with E-state index >= 15 is 0 Å². The van der Waals surface area contributed by atoms with Gasteiger partial charge >= 0.3 is 12.6 Å². The van der Waals surface area contributed by atoms with E-state index in [-0.39, 0.29) is 24.3 Å². The van der Waals surface area contributed by atoms with Gasteiger partial charge in [0.25, 0.3) is 0 Å². The summed E-state index contributed by atoms with van der Waals surface area (Å²) in [5.41, 5.74) is 1.15. The monoisotopic (exact) mass is 283 g/mol. The van der Waals surface area contributed by atoms with E-state index in [1.807, 2.05) is 6.07 Å². The third-order valence-electron chi connectivity index (χ3n) is 2.69. The third kappa shape index (κ3) is 3.92. The molecule has 0 aliphatic carbocycles. The van der Waals surface area contributed by atoms with E-state index in [9.17, 15) is 13.6 Å². The highest BCUT2D eigenvalue weighted by molar-refractivity contribution is 5.74. The Bertz CT molecular complexity index is 524. The Morgan fingerprint density at radius 1 is 1.40 bits per heavy atom. The average molecular weight is 283 g/mol. The molecule has 4 nitrogen and oxygen atoms in total. The lowest BCUT2D eigenvalue weighted by Gasteiger charge is -2.13. The van der Waals surface area contributed by atoms with Gasteiger partial charge in [0.15, 0.2) is 0 Å². The van der Waals surface area contributed by atoms with E-state index in [0.717, 1.165) is 0 Å². The number of esters is 1. The van der Waals surface area contributed by atoms with Crippen molar-refractivity contribution in [1.29, 1.82) is 5.26 Å². The fraction of sp³-hybridized carbons (Fsp3) is 0.429. The predicted molar refractivity (Wildman–Crippen MR) is 67.5 cm³/mol. The van der Waals surface area contributed by atoms with Crippen molar-refractivity contribution in [2.45, 2.75) is 33.3 Å². The molecule has 0 saturated carbocycles. The van der Waals surface area contributed by atoms with E-state index in [2.05, 4.69) is 4.74 Å². The van der Waals surface area contributed by atoms with Crippen LogP contribution in [0.5, 0.6) is 5.75 Å². The largest absolute Gasteiger partial charge is 0.466 e. The molecule has 20 heavy (non-hydrogen) atoms. The number of carbonyl (C=O) groups excluding carboxylic acids is 1. The fourth-order valence-corrected chi connectivity index (χ4v) is 1.92. The summed E-state index contributed by atoms with van der Waals surface area (Å²) in [6.07, 6.45) is 0.429. The quantitative estimate of drug-likeness (QED) is 0.753. The van der Waals surface area contributed by atoms with Crippen molar-refractivity contribution < 1.29 is 23.0 Å². The Balaban J connectivity index is 3.15. The van der Waals surface area contributed by atoms with Crippen molar-refractivity contribution in [2.24, 2.45) is 0 Å². The van der Waals surface area contributed by atoms with Crippen LogP contribution in [0.2, 0.25) is 0 Å². The van der Waals surface area contributed by atoms with Crippen molar-refractivity contribution in [3.05, 3.63) is 28.8 Å². The van der Waals surface area contributed by atoms with Gasteiger partial charge in [0.1, 0.15) is 11.8 Å². The Hall–Kier alpha value is -2.16. The van der Waals surface area contributed by atoms with Crippen LogP contribution >= 0.6 is 0 Å². The maximum atomic E-state index is 12.3. The number of nitrogens with zero attached hydrogens (tertiary/aromatic N) is 1. The SMILES string of the molecule is CCOC(=O)Cc1ccc(OC(F)F)c(C#N)c1CC. The summed E-state index contributed by atoms with van der Waals surface area (Å²) in [7, 11) is 0. The van der Waals surface area contributed by atoms with Crippen LogP contribution in [-0.2, 0) is 22.4 Å². The van der Waals surface area contributed by atoms with Crippen LogP contribution in [0.4, 0.5) is 8.78 Å². The second kappa shape index (κ2) is 7.43. The summed E-state index contributed by atoms with van der Waals surface area (Å²) in [4.78, 5) is 11.5. The van der Waals surface area contributed by atoms with Gasteiger partial charge in [-0.05, 0) is 30.5 Å². The first-order valence-electron chi connectivity index (χ1n) is 6.18. The molecule has 0 N–H and O–H groups in total. The van der Waals surface area contributed by atoms with Crippen LogP contribution in [0.25, 0.3) is 0 Å². The van der Waals surface area contributed by atoms with Crippen LogP contribution in [0.15, 0.2) is 12.1 Å². The van der Waals surface area contributed by atoms with Gasteiger partial charge < -0.3 is 9.47 Å². The summed E-state index contributed by atoms with van der Waals surface area (Å²) in [6.45, 7) is 0.733. The van der Waals surface area contributed by atoms with Gasteiger partial charge in [-0.3, -0.25) is 4.79 Å². The maximum Gasteiger partial charge on any atom is 0.387 e. The zero-order valence-corrected chi connectivity index (χ0v) is 11.3. The predicted octanol–water partition coefficient (Wildman–Crippen LogP) is 2.83. The highest BCUT2D eigenvalue weighted by Gasteiger charge is 2.17. The first-order chi connectivity index (χ1) is 9.53. The van der Waals surface area contributed by atoms with Gasteiger partial charge in [-0.2, -0.15) is 14.0 Å². The van der Waals surface area contributed by atoms with Crippen LogP contribution < -0.4 is 4.74 Å². The average Bonchev–Trinajstić information content (AvgIpc) is 2.39. The fourth-order valence-electron chi connectivity index (χ4n) is 1.92. The molecule has 0 unspecified atom stereocenters. The van der Waals surface area contributed by atoms with Gasteiger partial charge in [-0.15, -0.1) is 0 Å². The van der Waals surface area contributed by atoms with E-state index < -0.39 is 12.6 Å². The van der Waals surface area contributed by atoms with Crippen LogP contribution in [0.1, 0.15) is 30.5 Å². The molecule has 1 aromatic carbocycles. The van der Waals surface area contributed by atoms with Gasteiger partial charge in [0.2, 0.25) is 0 Å². The topological polar surface area (TPSA) is 59.3 Å². The second-order valence-corrected chi connectivity index (χ2v) is 3.90. The lowest BCUT2D eigenvalue weighted by molar-refractivity contribution is -0.142. The molecule has 0 radical (unpaired) electrons. The lowest BCUT2D eigenvalue weighted by atomic mass is 9.96. The van der Waals surface area contributed by atoms with Crippen molar-refractivity contribution in [3.8, 4) is 11.8 Å². The van der Waals surface area contributed by atoms with Gasteiger partial charge in [-0.1, -0.05) is 13.0 Å². The number of nitriles is 1. The highest BCUT2D eigenvalue weighted by atomic mass is 19.3. The number of halogens is 2. The van der Waals surface area contributed by atoms with E-state index in [4.69, 9.17) is 10.00 Å².